The number of nitrogens with one attached hydrogen (secondary N) is 1. The molecule has 2 aromatic carbocycles. The van der Waals surface area contributed by atoms with Crippen molar-refractivity contribution in [2.45, 2.75) is 30.7 Å². The normalized spacial score (nSPS) is 12.1. The Balaban J connectivity index is 1.85. The minimum absolute atomic E-state index is 0.246. The molecule has 0 spiro atoms. The fourth-order valence-corrected chi connectivity index (χ4v) is 4.39. The maximum Gasteiger partial charge on any atom is 0.319 e. The number of ether oxygens (including phenoxy) is 2. The van der Waals surface area contributed by atoms with Gasteiger partial charge in [-0.2, -0.15) is 0 Å². The summed E-state index contributed by atoms with van der Waals surface area (Å²) in [6.45, 7) is 4.11. The Morgan fingerprint density at radius 3 is 2.77 bits per heavy atom. The number of thioether (sulfide) groups is 1. The zero-order chi connectivity index (χ0) is 21.8. The lowest BCUT2D eigenvalue weighted by Crippen LogP contribution is -2.20. The molecule has 0 aliphatic carbocycles. The lowest BCUT2D eigenvalue weighted by molar-refractivity contribution is -0.142. The molecule has 0 aliphatic heterocycles. The maximum absolute atomic E-state index is 12.4. The first kappa shape index (κ1) is 21.0. The maximum atomic E-state index is 12.4. The molecule has 160 valence electrons. The molecule has 4 rings (SSSR count). The first-order valence-corrected chi connectivity index (χ1v) is 11.0. The van der Waals surface area contributed by atoms with Crippen LogP contribution in [0, 0.1) is 0 Å². The summed E-state index contributed by atoms with van der Waals surface area (Å²) in [6.07, 6.45) is 2.55. The number of benzene rings is 2. The van der Waals surface area contributed by atoms with E-state index in [1.807, 2.05) is 73.1 Å². The number of H-pyrrole nitrogens is 1. The number of fused-ring (bicyclic) bond motifs is 1. The second-order valence-electron chi connectivity index (χ2n) is 6.86. The van der Waals surface area contributed by atoms with Crippen molar-refractivity contribution in [2.24, 2.45) is 0 Å². The quantitative estimate of drug-likeness (QED) is 0.314. The number of methoxy groups -OCH3 is 1. The monoisotopic (exact) mass is 436 g/mol. The van der Waals surface area contributed by atoms with Gasteiger partial charge in [0, 0.05) is 28.7 Å². The fourth-order valence-electron chi connectivity index (χ4n) is 3.42. The van der Waals surface area contributed by atoms with Crippen LogP contribution in [0.25, 0.3) is 28.0 Å². The van der Waals surface area contributed by atoms with Crippen LogP contribution in [0.2, 0.25) is 0 Å². The van der Waals surface area contributed by atoms with E-state index in [0.717, 1.165) is 27.9 Å². The first-order chi connectivity index (χ1) is 15.2. The largest absolute Gasteiger partial charge is 0.497 e. The summed E-state index contributed by atoms with van der Waals surface area (Å²) in [5.41, 5.74) is 2.80. The predicted molar refractivity (Wildman–Crippen MR) is 122 cm³/mol. The Hall–Kier alpha value is -3.26. The third-order valence-corrected chi connectivity index (χ3v) is 6.23. The highest BCUT2D eigenvalue weighted by molar-refractivity contribution is 8.00. The number of esters is 1. The molecule has 0 saturated carbocycles. The molecule has 1 atom stereocenters. The number of nitrogens with zero attached hydrogens (tertiary/aromatic N) is 3. The lowest BCUT2D eigenvalue weighted by Gasteiger charge is -2.15. The van der Waals surface area contributed by atoms with Crippen molar-refractivity contribution in [3.63, 3.8) is 0 Å². The third-order valence-electron chi connectivity index (χ3n) is 4.94. The summed E-state index contributed by atoms with van der Waals surface area (Å²) in [5.74, 6) is 1.17. The van der Waals surface area contributed by atoms with E-state index in [9.17, 15) is 4.79 Å². The number of para-hydroxylation sites is 1. The number of aromatic nitrogens is 4. The van der Waals surface area contributed by atoms with Gasteiger partial charge >= 0.3 is 5.97 Å². The highest BCUT2D eigenvalue weighted by atomic mass is 32.2. The van der Waals surface area contributed by atoms with Gasteiger partial charge in [0.15, 0.2) is 11.0 Å². The van der Waals surface area contributed by atoms with Crippen molar-refractivity contribution in [2.75, 3.05) is 13.7 Å². The van der Waals surface area contributed by atoms with E-state index in [1.54, 1.807) is 7.11 Å². The van der Waals surface area contributed by atoms with Gasteiger partial charge in [-0.05, 0) is 31.5 Å². The van der Waals surface area contributed by atoms with Gasteiger partial charge in [-0.3, -0.25) is 9.36 Å². The fraction of sp³-hybridized carbons (Fsp3) is 0.261. The number of carbonyl (C=O) groups is 1. The lowest BCUT2D eigenvalue weighted by atomic mass is 10.1. The highest BCUT2D eigenvalue weighted by Crippen LogP contribution is 2.35. The molecular formula is C23H24N4O3S. The first-order valence-electron chi connectivity index (χ1n) is 10.2. The van der Waals surface area contributed by atoms with Crippen molar-refractivity contribution in [1.29, 1.82) is 0 Å². The van der Waals surface area contributed by atoms with Crippen LogP contribution >= 0.6 is 11.8 Å². The van der Waals surface area contributed by atoms with E-state index < -0.39 is 0 Å². The SMILES string of the molecule is CCOC(=O)[C@@H](CC)Sc1nnc(-c2c[nH]c3ccccc23)n1-c1cccc(OC)c1. The third kappa shape index (κ3) is 4.16. The van der Waals surface area contributed by atoms with Crippen molar-refractivity contribution in [1.82, 2.24) is 19.7 Å². The van der Waals surface area contributed by atoms with Gasteiger partial charge in [0.1, 0.15) is 11.0 Å². The van der Waals surface area contributed by atoms with Crippen molar-refractivity contribution >= 4 is 28.6 Å². The van der Waals surface area contributed by atoms with Crippen molar-refractivity contribution in [3.8, 4) is 22.8 Å². The van der Waals surface area contributed by atoms with E-state index in [-0.39, 0.29) is 11.2 Å². The van der Waals surface area contributed by atoms with Gasteiger partial charge in [0.05, 0.1) is 19.4 Å². The Bertz CT molecular complexity index is 1200. The Morgan fingerprint density at radius 2 is 2.00 bits per heavy atom. The molecule has 0 aliphatic rings. The zero-order valence-corrected chi connectivity index (χ0v) is 18.5. The summed E-state index contributed by atoms with van der Waals surface area (Å²) in [7, 11) is 1.63. The average Bonchev–Trinajstić information content (AvgIpc) is 3.41. The molecule has 7 nitrogen and oxygen atoms in total. The number of hydrogen-bond acceptors (Lipinski definition) is 6. The summed E-state index contributed by atoms with van der Waals surface area (Å²) >= 11 is 1.36. The molecule has 0 bridgehead atoms. The smallest absolute Gasteiger partial charge is 0.319 e. The molecule has 2 heterocycles. The van der Waals surface area contributed by atoms with E-state index in [2.05, 4.69) is 15.2 Å². The summed E-state index contributed by atoms with van der Waals surface area (Å²) in [6, 6.07) is 15.8. The van der Waals surface area contributed by atoms with E-state index in [0.29, 0.717) is 24.0 Å². The van der Waals surface area contributed by atoms with Crippen molar-refractivity contribution < 1.29 is 14.3 Å². The molecule has 0 saturated heterocycles. The second kappa shape index (κ2) is 9.26. The van der Waals surface area contributed by atoms with Crippen LogP contribution in [0.5, 0.6) is 5.75 Å². The van der Waals surface area contributed by atoms with E-state index in [1.165, 1.54) is 11.8 Å². The number of carbonyl (C=O) groups excluding carboxylic acids is 1. The van der Waals surface area contributed by atoms with Crippen LogP contribution < -0.4 is 4.74 Å². The Labute approximate surface area is 184 Å². The zero-order valence-electron chi connectivity index (χ0n) is 17.7. The number of hydrogen-bond donors (Lipinski definition) is 1. The van der Waals surface area contributed by atoms with Gasteiger partial charge in [-0.15, -0.1) is 10.2 Å². The van der Waals surface area contributed by atoms with Crippen LogP contribution in [0.15, 0.2) is 59.9 Å². The summed E-state index contributed by atoms with van der Waals surface area (Å²) < 4.78 is 12.6. The number of aromatic amines is 1. The molecule has 1 N–H and O–H groups in total. The van der Waals surface area contributed by atoms with E-state index in [4.69, 9.17) is 9.47 Å². The molecule has 2 aromatic heterocycles. The second-order valence-corrected chi connectivity index (χ2v) is 8.03. The van der Waals surface area contributed by atoms with Crippen LogP contribution in [0.4, 0.5) is 0 Å². The molecule has 0 amide bonds. The Kier molecular flexibility index (Phi) is 6.27. The highest BCUT2D eigenvalue weighted by Gasteiger charge is 2.25. The molecule has 0 unspecified atom stereocenters. The van der Waals surface area contributed by atoms with Gasteiger partial charge in [-0.1, -0.05) is 43.0 Å². The molecule has 31 heavy (non-hydrogen) atoms. The van der Waals surface area contributed by atoms with E-state index >= 15 is 0 Å². The predicted octanol–water partition coefficient (Wildman–Crippen LogP) is 4.86. The molecule has 0 fully saturated rings. The van der Waals surface area contributed by atoms with Gasteiger partial charge in [0.2, 0.25) is 0 Å². The van der Waals surface area contributed by atoms with Crippen LogP contribution in [-0.4, -0.2) is 44.7 Å². The minimum Gasteiger partial charge on any atom is -0.497 e. The standard InChI is InChI=1S/C23H24N4O3S/c1-4-20(22(28)30-5-2)31-23-26-25-21(18-14-24-19-12-7-6-11-17(18)19)27(23)15-9-8-10-16(13-15)29-3/h6-14,20,24H,4-5H2,1-3H3/t20-/m1/s1. The van der Waals surface area contributed by atoms with Gasteiger partial charge in [0.25, 0.3) is 0 Å². The topological polar surface area (TPSA) is 82.0 Å². The van der Waals surface area contributed by atoms with Crippen LogP contribution in [0.1, 0.15) is 20.3 Å². The summed E-state index contributed by atoms with van der Waals surface area (Å²) in [5, 5.41) is 10.3. The number of rotatable bonds is 8. The molecule has 8 heteroatoms. The molecular weight excluding hydrogens is 412 g/mol. The van der Waals surface area contributed by atoms with Crippen molar-refractivity contribution in [3.05, 3.63) is 54.7 Å². The minimum atomic E-state index is -0.371. The molecule has 0 radical (unpaired) electrons. The van der Waals surface area contributed by atoms with Crippen LogP contribution in [0.3, 0.4) is 0 Å². The summed E-state index contributed by atoms with van der Waals surface area (Å²) in [4.78, 5) is 15.7. The average molecular weight is 437 g/mol. The van der Waals surface area contributed by atoms with Crippen LogP contribution in [-0.2, 0) is 9.53 Å². The molecule has 4 aromatic rings. The van der Waals surface area contributed by atoms with Gasteiger partial charge in [-0.25, -0.2) is 0 Å². The van der Waals surface area contributed by atoms with Gasteiger partial charge < -0.3 is 14.5 Å². The Morgan fingerprint density at radius 1 is 1.16 bits per heavy atom.